The molecule has 3 amide bonds. The molecule has 1 aliphatic heterocycles. The summed E-state index contributed by atoms with van der Waals surface area (Å²) in [7, 11) is 0. The second kappa shape index (κ2) is 6.66. The van der Waals surface area contributed by atoms with E-state index in [-0.39, 0.29) is 24.2 Å². The Morgan fingerprint density at radius 3 is 2.75 bits per heavy atom. The number of hydrogen-bond donors (Lipinski definition) is 2. The molecule has 1 fully saturated rings. The van der Waals surface area contributed by atoms with Crippen LogP contribution in [-0.4, -0.2) is 29.5 Å². The summed E-state index contributed by atoms with van der Waals surface area (Å²) in [5.41, 5.74) is 1.60. The summed E-state index contributed by atoms with van der Waals surface area (Å²) in [6, 6.07) is 8.57. The number of carbonyl (C=O) groups is 2. The van der Waals surface area contributed by atoms with Gasteiger partial charge in [0.05, 0.1) is 6.04 Å². The highest BCUT2D eigenvalue weighted by Crippen LogP contribution is 2.21. The predicted molar refractivity (Wildman–Crippen MR) is 88.3 cm³/mol. The van der Waals surface area contributed by atoms with Gasteiger partial charge in [0.25, 0.3) is 0 Å². The van der Waals surface area contributed by atoms with Crippen molar-refractivity contribution in [3.8, 4) is 0 Å². The van der Waals surface area contributed by atoms with Crippen LogP contribution in [-0.2, 0) is 4.79 Å². The maximum Gasteiger partial charge on any atom is 0.320 e. The fourth-order valence-electron chi connectivity index (χ4n) is 2.62. The molecule has 6 nitrogen and oxygen atoms in total. The summed E-state index contributed by atoms with van der Waals surface area (Å²) < 4.78 is 13.0. The highest BCUT2D eigenvalue weighted by molar-refractivity contribution is 5.97. The smallest absolute Gasteiger partial charge is 0.320 e. The Labute approximate surface area is 138 Å². The number of benzene rings is 1. The van der Waals surface area contributed by atoms with Gasteiger partial charge in [0, 0.05) is 24.8 Å². The third-order valence-electron chi connectivity index (χ3n) is 3.76. The summed E-state index contributed by atoms with van der Waals surface area (Å²) in [4.78, 5) is 29.7. The number of aryl methyl sites for hydroxylation is 1. The molecule has 0 radical (unpaired) electrons. The van der Waals surface area contributed by atoms with Crippen LogP contribution in [0.5, 0.6) is 0 Å². The van der Waals surface area contributed by atoms with E-state index in [0.717, 1.165) is 5.56 Å². The van der Waals surface area contributed by atoms with E-state index < -0.39 is 6.03 Å². The first kappa shape index (κ1) is 15.9. The molecule has 1 atom stereocenters. The van der Waals surface area contributed by atoms with Crippen molar-refractivity contribution in [3.63, 3.8) is 0 Å². The van der Waals surface area contributed by atoms with Gasteiger partial charge in [-0.25, -0.2) is 14.2 Å². The second-order valence-electron chi connectivity index (χ2n) is 5.70. The van der Waals surface area contributed by atoms with Gasteiger partial charge < -0.3 is 10.2 Å². The number of carbonyl (C=O) groups excluding carboxylic acids is 2. The highest BCUT2D eigenvalue weighted by atomic mass is 19.1. The van der Waals surface area contributed by atoms with Crippen molar-refractivity contribution in [3.05, 3.63) is 54.0 Å². The van der Waals surface area contributed by atoms with Crippen LogP contribution in [0.2, 0.25) is 0 Å². The summed E-state index contributed by atoms with van der Waals surface area (Å²) in [5.74, 6) is -0.0158. The second-order valence-corrected chi connectivity index (χ2v) is 5.70. The molecule has 1 aliphatic rings. The minimum Gasteiger partial charge on any atom is -0.333 e. The number of urea groups is 1. The molecule has 0 spiro atoms. The quantitative estimate of drug-likeness (QED) is 0.909. The molecule has 0 saturated carbocycles. The molecule has 2 aromatic rings. The Balaban J connectivity index is 1.59. The molecular weight excluding hydrogens is 311 g/mol. The van der Waals surface area contributed by atoms with E-state index in [2.05, 4.69) is 15.6 Å². The van der Waals surface area contributed by atoms with Crippen molar-refractivity contribution >= 4 is 23.4 Å². The molecule has 124 valence electrons. The summed E-state index contributed by atoms with van der Waals surface area (Å²) in [6.07, 6.45) is 1.81. The monoisotopic (exact) mass is 328 g/mol. The van der Waals surface area contributed by atoms with Crippen LogP contribution in [0.4, 0.5) is 20.7 Å². The van der Waals surface area contributed by atoms with Crippen molar-refractivity contribution in [2.24, 2.45) is 0 Å². The van der Waals surface area contributed by atoms with Gasteiger partial charge in [-0.15, -0.1) is 0 Å². The van der Waals surface area contributed by atoms with Gasteiger partial charge in [-0.05, 0) is 48.9 Å². The fourth-order valence-corrected chi connectivity index (χ4v) is 2.62. The van der Waals surface area contributed by atoms with E-state index in [9.17, 15) is 14.0 Å². The number of anilines is 2. The van der Waals surface area contributed by atoms with Gasteiger partial charge >= 0.3 is 6.03 Å². The van der Waals surface area contributed by atoms with Crippen molar-refractivity contribution < 1.29 is 14.0 Å². The topological polar surface area (TPSA) is 74.3 Å². The summed E-state index contributed by atoms with van der Waals surface area (Å²) in [6.45, 7) is 2.25. The van der Waals surface area contributed by atoms with Crippen molar-refractivity contribution in [1.29, 1.82) is 0 Å². The highest BCUT2D eigenvalue weighted by Gasteiger charge is 2.31. The number of rotatable bonds is 3. The van der Waals surface area contributed by atoms with Gasteiger partial charge in [0.2, 0.25) is 5.91 Å². The Bertz CT molecular complexity index is 763. The number of hydrogen-bond acceptors (Lipinski definition) is 3. The molecule has 2 N–H and O–H groups in total. The molecule has 0 aliphatic carbocycles. The number of amides is 3. The number of nitrogens with one attached hydrogen (secondary N) is 2. The normalized spacial score (nSPS) is 17.0. The van der Waals surface area contributed by atoms with Gasteiger partial charge in [-0.2, -0.15) is 0 Å². The zero-order valence-corrected chi connectivity index (χ0v) is 13.1. The van der Waals surface area contributed by atoms with E-state index in [0.29, 0.717) is 18.1 Å². The van der Waals surface area contributed by atoms with Crippen molar-refractivity contribution in [2.75, 3.05) is 16.8 Å². The lowest BCUT2D eigenvalue weighted by Gasteiger charge is -2.17. The van der Waals surface area contributed by atoms with Crippen LogP contribution < -0.4 is 15.5 Å². The Hall–Kier alpha value is -2.96. The SMILES string of the molecule is Cc1ccnc(NC(=O)N[C@@H]2CC(=O)N(c3ccc(F)cc3)C2)c1. The molecule has 0 unspecified atom stereocenters. The third-order valence-corrected chi connectivity index (χ3v) is 3.76. The van der Waals surface area contributed by atoms with E-state index in [1.54, 1.807) is 24.4 Å². The summed E-state index contributed by atoms with van der Waals surface area (Å²) in [5, 5.41) is 5.41. The molecule has 7 heteroatoms. The first-order valence-corrected chi connectivity index (χ1v) is 7.57. The van der Waals surface area contributed by atoms with E-state index in [4.69, 9.17) is 0 Å². The lowest BCUT2D eigenvalue weighted by atomic mass is 10.2. The molecule has 1 aromatic carbocycles. The lowest BCUT2D eigenvalue weighted by Crippen LogP contribution is -2.39. The van der Waals surface area contributed by atoms with Crippen LogP contribution in [0.1, 0.15) is 12.0 Å². The Morgan fingerprint density at radius 2 is 2.04 bits per heavy atom. The van der Waals surface area contributed by atoms with E-state index >= 15 is 0 Å². The zero-order chi connectivity index (χ0) is 17.1. The van der Waals surface area contributed by atoms with Crippen LogP contribution in [0.15, 0.2) is 42.6 Å². The average molecular weight is 328 g/mol. The minimum atomic E-state index is -0.410. The van der Waals surface area contributed by atoms with E-state index in [1.807, 2.05) is 13.0 Å². The van der Waals surface area contributed by atoms with Crippen molar-refractivity contribution in [1.82, 2.24) is 10.3 Å². The number of nitrogens with zero attached hydrogens (tertiary/aromatic N) is 2. The third kappa shape index (κ3) is 3.68. The van der Waals surface area contributed by atoms with Crippen LogP contribution in [0.25, 0.3) is 0 Å². The number of halogens is 1. The molecule has 0 bridgehead atoms. The minimum absolute atomic E-state index is 0.111. The average Bonchev–Trinajstić information content (AvgIpc) is 2.88. The van der Waals surface area contributed by atoms with Gasteiger partial charge in [-0.3, -0.25) is 10.1 Å². The maximum absolute atomic E-state index is 13.0. The largest absolute Gasteiger partial charge is 0.333 e. The van der Waals surface area contributed by atoms with Crippen LogP contribution in [0, 0.1) is 12.7 Å². The number of aromatic nitrogens is 1. The van der Waals surface area contributed by atoms with Gasteiger partial charge in [0.15, 0.2) is 0 Å². The van der Waals surface area contributed by atoms with Crippen molar-refractivity contribution in [2.45, 2.75) is 19.4 Å². The predicted octanol–water partition coefficient (Wildman–Crippen LogP) is 2.46. The summed E-state index contributed by atoms with van der Waals surface area (Å²) >= 11 is 0. The van der Waals surface area contributed by atoms with Gasteiger partial charge in [0.1, 0.15) is 11.6 Å². The first-order chi connectivity index (χ1) is 11.5. The maximum atomic E-state index is 13.0. The van der Waals surface area contributed by atoms with Crippen LogP contribution in [0.3, 0.4) is 0 Å². The first-order valence-electron chi connectivity index (χ1n) is 7.57. The molecule has 3 rings (SSSR count). The number of pyridine rings is 1. The molecular formula is C17H17FN4O2. The lowest BCUT2D eigenvalue weighted by molar-refractivity contribution is -0.117. The molecule has 2 heterocycles. The molecule has 1 saturated heterocycles. The molecule has 1 aromatic heterocycles. The van der Waals surface area contributed by atoms with Crippen LogP contribution >= 0.6 is 0 Å². The fraction of sp³-hybridized carbons (Fsp3) is 0.235. The standard InChI is InChI=1S/C17H17FN4O2/c1-11-6-7-19-15(8-11)21-17(24)20-13-9-16(23)22(10-13)14-4-2-12(18)3-5-14/h2-8,13H,9-10H2,1H3,(H2,19,20,21,24)/t13-/m1/s1. The zero-order valence-electron chi connectivity index (χ0n) is 13.1. The van der Waals surface area contributed by atoms with E-state index in [1.165, 1.54) is 17.0 Å². The van der Waals surface area contributed by atoms with Gasteiger partial charge in [-0.1, -0.05) is 0 Å². The Kier molecular flexibility index (Phi) is 4.41. The molecule has 24 heavy (non-hydrogen) atoms. The Morgan fingerprint density at radius 1 is 1.29 bits per heavy atom.